The minimum Gasteiger partial charge on any atom is -0.361 e. The summed E-state index contributed by atoms with van der Waals surface area (Å²) in [5, 5.41) is 4.57. The molecule has 2 N–H and O–H groups in total. The number of nitrogens with one attached hydrogen (secondary N) is 2. The first-order valence-corrected chi connectivity index (χ1v) is 12.8. The topological polar surface area (TPSA) is 44.9 Å². The van der Waals surface area contributed by atoms with Crippen LogP contribution in [0.5, 0.6) is 0 Å². The maximum Gasteiger partial charge on any atom is 0.235 e. The number of hydrogen-bond acceptors (Lipinski definition) is 1. The summed E-state index contributed by atoms with van der Waals surface area (Å²) in [7, 11) is 0. The Kier molecular flexibility index (Phi) is 5.90. The normalized spacial score (nSPS) is 13.3. The molecule has 1 amide bonds. The molecule has 0 saturated carbocycles. The fourth-order valence-corrected chi connectivity index (χ4v) is 5.96. The van der Waals surface area contributed by atoms with Crippen molar-refractivity contribution >= 4 is 16.8 Å². The maximum absolute atomic E-state index is 14.2. The van der Waals surface area contributed by atoms with Crippen LogP contribution in [-0.4, -0.2) is 17.4 Å². The molecule has 0 radical (unpaired) electrons. The second-order valence-electron chi connectivity index (χ2n) is 9.70. The molecule has 178 valence electrons. The highest BCUT2D eigenvalue weighted by Gasteiger charge is 2.48. The molecule has 0 bridgehead atoms. The first-order valence-electron chi connectivity index (χ1n) is 12.8. The molecular formula is C33H30N2O. The van der Waals surface area contributed by atoms with Crippen LogP contribution < -0.4 is 5.32 Å². The van der Waals surface area contributed by atoms with Crippen molar-refractivity contribution < 1.29 is 4.79 Å². The number of hydrogen-bond donors (Lipinski definition) is 2. The molecule has 0 atom stereocenters. The third kappa shape index (κ3) is 3.81. The van der Waals surface area contributed by atoms with Crippen LogP contribution in [0.1, 0.15) is 35.1 Å². The van der Waals surface area contributed by atoms with Crippen LogP contribution in [0.15, 0.2) is 109 Å². The Labute approximate surface area is 212 Å². The first-order chi connectivity index (χ1) is 17.8. The molecule has 1 aromatic heterocycles. The van der Waals surface area contributed by atoms with Gasteiger partial charge in [0.05, 0.1) is 0 Å². The lowest BCUT2D eigenvalue weighted by molar-refractivity contribution is -0.125. The van der Waals surface area contributed by atoms with E-state index >= 15 is 0 Å². The number of H-pyrrole nitrogens is 1. The Morgan fingerprint density at radius 3 is 2.11 bits per heavy atom. The van der Waals surface area contributed by atoms with Crippen LogP contribution in [0.25, 0.3) is 22.0 Å². The smallest absolute Gasteiger partial charge is 0.235 e. The Hall–Kier alpha value is -4.11. The van der Waals surface area contributed by atoms with Gasteiger partial charge in [-0.05, 0) is 65.1 Å². The van der Waals surface area contributed by atoms with Gasteiger partial charge in [0, 0.05) is 23.6 Å². The predicted molar refractivity (Wildman–Crippen MR) is 147 cm³/mol. The Morgan fingerprint density at radius 1 is 0.722 bits per heavy atom. The lowest BCUT2D eigenvalue weighted by atomic mass is 9.73. The number of aryl methyl sites for hydroxylation is 1. The van der Waals surface area contributed by atoms with Gasteiger partial charge in [-0.25, -0.2) is 0 Å². The van der Waals surface area contributed by atoms with Gasteiger partial charge in [0.15, 0.2) is 0 Å². The molecule has 1 aliphatic carbocycles. The lowest BCUT2D eigenvalue weighted by Gasteiger charge is -2.31. The summed E-state index contributed by atoms with van der Waals surface area (Å²) in [6, 6.07) is 35.8. The fourth-order valence-electron chi connectivity index (χ4n) is 5.96. The van der Waals surface area contributed by atoms with E-state index in [1.807, 2.05) is 6.07 Å². The van der Waals surface area contributed by atoms with Gasteiger partial charge in [0.1, 0.15) is 5.41 Å². The standard InChI is InChI=1S/C33H30N2O/c36-32(34-22-20-25-23-35-31-19-9-6-14-26(25)31)33(21-10-13-24-11-2-1-3-12-24)29-17-7-4-15-27(29)28-16-5-8-18-30(28)33/h1-9,11-12,14-19,23,35H,10,13,20-22H2,(H,34,36). The van der Waals surface area contributed by atoms with E-state index in [-0.39, 0.29) is 5.91 Å². The monoisotopic (exact) mass is 470 g/mol. The number of benzene rings is 4. The van der Waals surface area contributed by atoms with Crippen molar-refractivity contribution in [3.05, 3.63) is 132 Å². The number of carbonyl (C=O) groups is 1. The molecule has 6 rings (SSSR count). The third-order valence-corrected chi connectivity index (χ3v) is 7.67. The van der Waals surface area contributed by atoms with E-state index in [2.05, 4.69) is 114 Å². The summed E-state index contributed by atoms with van der Waals surface area (Å²) in [4.78, 5) is 17.6. The second kappa shape index (κ2) is 9.50. The van der Waals surface area contributed by atoms with E-state index in [4.69, 9.17) is 0 Å². The number of aromatic amines is 1. The quantitative estimate of drug-likeness (QED) is 0.257. The first kappa shape index (κ1) is 22.4. The highest BCUT2D eigenvalue weighted by atomic mass is 16.2. The molecule has 0 unspecified atom stereocenters. The largest absolute Gasteiger partial charge is 0.361 e. The molecule has 4 aromatic carbocycles. The average molecular weight is 471 g/mol. The van der Waals surface area contributed by atoms with Crippen molar-refractivity contribution in [1.29, 1.82) is 0 Å². The summed E-state index contributed by atoms with van der Waals surface area (Å²) >= 11 is 0. The van der Waals surface area contributed by atoms with Gasteiger partial charge < -0.3 is 10.3 Å². The van der Waals surface area contributed by atoms with Crippen LogP contribution in [0.3, 0.4) is 0 Å². The van der Waals surface area contributed by atoms with Crippen molar-refractivity contribution in [2.75, 3.05) is 6.54 Å². The van der Waals surface area contributed by atoms with E-state index in [1.165, 1.54) is 27.6 Å². The average Bonchev–Trinajstić information content (AvgIpc) is 3.47. The Bertz CT molecular complexity index is 1470. The van der Waals surface area contributed by atoms with Crippen LogP contribution in [0, 0.1) is 0 Å². The predicted octanol–water partition coefficient (Wildman–Crippen LogP) is 6.82. The summed E-state index contributed by atoms with van der Waals surface area (Å²) in [5.74, 6) is 0.104. The zero-order chi connectivity index (χ0) is 24.4. The van der Waals surface area contributed by atoms with Crippen molar-refractivity contribution in [3.63, 3.8) is 0 Å². The zero-order valence-corrected chi connectivity index (χ0v) is 20.3. The van der Waals surface area contributed by atoms with Gasteiger partial charge in [0.2, 0.25) is 5.91 Å². The molecule has 3 nitrogen and oxygen atoms in total. The third-order valence-electron chi connectivity index (χ3n) is 7.67. The molecule has 1 aliphatic rings. The van der Waals surface area contributed by atoms with Gasteiger partial charge >= 0.3 is 0 Å². The van der Waals surface area contributed by atoms with E-state index in [1.54, 1.807) is 0 Å². The summed E-state index contributed by atoms with van der Waals surface area (Å²) < 4.78 is 0. The number of rotatable bonds is 8. The number of amides is 1. The van der Waals surface area contributed by atoms with Crippen molar-refractivity contribution in [2.24, 2.45) is 0 Å². The minimum atomic E-state index is -0.678. The molecule has 1 heterocycles. The summed E-state index contributed by atoms with van der Waals surface area (Å²) in [6.45, 7) is 0.603. The fraction of sp³-hybridized carbons (Fsp3) is 0.182. The van der Waals surface area contributed by atoms with Crippen molar-refractivity contribution in [3.8, 4) is 11.1 Å². The van der Waals surface area contributed by atoms with Crippen LogP contribution in [0.4, 0.5) is 0 Å². The van der Waals surface area contributed by atoms with Crippen LogP contribution >= 0.6 is 0 Å². The summed E-state index contributed by atoms with van der Waals surface area (Å²) in [6.07, 6.45) is 5.51. The highest BCUT2D eigenvalue weighted by molar-refractivity contribution is 6.00. The number of aromatic nitrogens is 1. The molecular weight excluding hydrogens is 440 g/mol. The van der Waals surface area contributed by atoms with E-state index in [0.717, 1.165) is 42.3 Å². The molecule has 0 spiro atoms. The maximum atomic E-state index is 14.2. The van der Waals surface area contributed by atoms with Gasteiger partial charge in [0.25, 0.3) is 0 Å². The van der Waals surface area contributed by atoms with E-state index in [0.29, 0.717) is 6.54 Å². The number of fused-ring (bicyclic) bond motifs is 4. The van der Waals surface area contributed by atoms with Crippen molar-refractivity contribution in [2.45, 2.75) is 31.1 Å². The second-order valence-corrected chi connectivity index (χ2v) is 9.70. The van der Waals surface area contributed by atoms with Crippen LogP contribution in [0.2, 0.25) is 0 Å². The lowest BCUT2D eigenvalue weighted by Crippen LogP contribution is -2.45. The van der Waals surface area contributed by atoms with Gasteiger partial charge in [-0.15, -0.1) is 0 Å². The van der Waals surface area contributed by atoms with E-state index < -0.39 is 5.41 Å². The van der Waals surface area contributed by atoms with Crippen LogP contribution in [-0.2, 0) is 23.1 Å². The molecule has 0 saturated heterocycles. The highest BCUT2D eigenvalue weighted by Crippen LogP contribution is 2.51. The summed E-state index contributed by atoms with van der Waals surface area (Å²) in [5.41, 5.74) is 7.62. The molecule has 0 aliphatic heterocycles. The SMILES string of the molecule is O=C(NCCc1c[nH]c2ccccc12)C1(CCCc2ccccc2)c2ccccc2-c2ccccc21. The zero-order valence-electron chi connectivity index (χ0n) is 20.3. The number of carbonyl (C=O) groups excluding carboxylic acids is 1. The molecule has 0 fully saturated rings. The van der Waals surface area contributed by atoms with Crippen molar-refractivity contribution in [1.82, 2.24) is 10.3 Å². The molecule has 36 heavy (non-hydrogen) atoms. The molecule has 5 aromatic rings. The van der Waals surface area contributed by atoms with E-state index in [9.17, 15) is 4.79 Å². The Balaban J connectivity index is 1.30. The number of para-hydroxylation sites is 1. The van der Waals surface area contributed by atoms with Gasteiger partial charge in [-0.1, -0.05) is 97.1 Å². The Morgan fingerprint density at radius 2 is 1.36 bits per heavy atom. The minimum absolute atomic E-state index is 0.104. The van der Waals surface area contributed by atoms with Gasteiger partial charge in [-0.3, -0.25) is 4.79 Å². The molecule has 3 heteroatoms. The van der Waals surface area contributed by atoms with Gasteiger partial charge in [-0.2, -0.15) is 0 Å².